The van der Waals surface area contributed by atoms with E-state index in [1.807, 2.05) is 18.2 Å². The number of aliphatic hydroxyl groups is 3. The van der Waals surface area contributed by atoms with E-state index in [9.17, 15) is 30.0 Å². The van der Waals surface area contributed by atoms with Crippen LogP contribution in [0.15, 0.2) is 36.4 Å². The number of rotatable bonds is 8. The molecule has 2 aromatic carbocycles. The summed E-state index contributed by atoms with van der Waals surface area (Å²) in [5, 5.41) is 40.2. The van der Waals surface area contributed by atoms with Gasteiger partial charge in [0.25, 0.3) is 0 Å². The van der Waals surface area contributed by atoms with E-state index >= 15 is 0 Å². The summed E-state index contributed by atoms with van der Waals surface area (Å²) in [4.78, 5) is 27.5. The van der Waals surface area contributed by atoms with Crippen LogP contribution in [0.25, 0.3) is 10.9 Å². The number of carboxylic acids is 1. The Bertz CT molecular complexity index is 1480. The molecule has 6 rings (SSSR count). The number of H-pyrrole nitrogens is 1. The summed E-state index contributed by atoms with van der Waals surface area (Å²) in [5.74, 6) is -0.966. The molecule has 6 atom stereocenters. The standard InChI is InChI=1S/C32H37NO9/c1-16-12-17(6-9-21(16)18-4-2-3-5-18)15-40-20-8-11-24-23(14-20)22-10-7-19(26(22)33-24)13-25(34)41-32-29(37)27(35)28(36)30(42-32)31(38)39/h6,8-9,11-12,14,18-19,27-30,32-33,35-37H,2-5,7,10,13,15H2,1H3,(H,38,39)/t19-,27+,28+,29-,30+,32-/m1/s1. The summed E-state index contributed by atoms with van der Waals surface area (Å²) in [7, 11) is 0. The molecule has 2 fully saturated rings. The largest absolute Gasteiger partial charge is 0.489 e. The van der Waals surface area contributed by atoms with Gasteiger partial charge in [-0.05, 0) is 79.0 Å². The number of benzene rings is 2. The Kier molecular flexibility index (Phi) is 7.97. The molecule has 1 aromatic heterocycles. The third-order valence-corrected chi connectivity index (χ3v) is 9.07. The predicted octanol–water partition coefficient (Wildman–Crippen LogP) is 3.57. The highest BCUT2D eigenvalue weighted by Gasteiger charge is 2.48. The molecule has 10 nitrogen and oxygen atoms in total. The van der Waals surface area contributed by atoms with Gasteiger partial charge in [-0.3, -0.25) is 4.79 Å². The number of carboxylic acid groups (broad SMARTS) is 1. The van der Waals surface area contributed by atoms with Crippen LogP contribution >= 0.6 is 0 Å². The highest BCUT2D eigenvalue weighted by Crippen LogP contribution is 2.41. The van der Waals surface area contributed by atoms with Gasteiger partial charge in [0.05, 0.1) is 6.42 Å². The Morgan fingerprint density at radius 1 is 1.00 bits per heavy atom. The van der Waals surface area contributed by atoms with Gasteiger partial charge in [0.2, 0.25) is 6.29 Å². The average Bonchev–Trinajstić information content (AvgIpc) is 3.71. The summed E-state index contributed by atoms with van der Waals surface area (Å²) in [6, 6.07) is 12.6. The van der Waals surface area contributed by atoms with Crippen LogP contribution in [-0.2, 0) is 32.1 Å². The first-order valence-corrected chi connectivity index (χ1v) is 14.7. The number of aryl methyl sites for hydroxylation is 2. The molecular weight excluding hydrogens is 542 g/mol. The number of hydrogen-bond donors (Lipinski definition) is 5. The fourth-order valence-electron chi connectivity index (χ4n) is 6.84. The second kappa shape index (κ2) is 11.7. The minimum Gasteiger partial charge on any atom is -0.489 e. The minimum absolute atomic E-state index is 0.0254. The number of carbonyl (C=O) groups is 2. The van der Waals surface area contributed by atoms with Crippen LogP contribution in [0.2, 0.25) is 0 Å². The molecule has 0 bridgehead atoms. The topological polar surface area (TPSA) is 159 Å². The van der Waals surface area contributed by atoms with E-state index < -0.39 is 42.6 Å². The minimum atomic E-state index is -1.85. The maximum absolute atomic E-state index is 12.8. The van der Waals surface area contributed by atoms with Crippen molar-refractivity contribution < 1.29 is 44.2 Å². The van der Waals surface area contributed by atoms with E-state index in [-0.39, 0.29) is 12.3 Å². The van der Waals surface area contributed by atoms with Gasteiger partial charge in [-0.15, -0.1) is 0 Å². The SMILES string of the molecule is Cc1cc(COc2ccc3[nH]c4c(c3c2)CC[C@@H]4CC(=O)O[C@@H]2O[C@H](C(=O)O)[C@@H](O)[C@H](O)[C@H]2O)ccc1C1CCCC1. The molecule has 10 heteroatoms. The summed E-state index contributed by atoms with van der Waals surface area (Å²) >= 11 is 0. The third kappa shape index (κ3) is 5.51. The second-order valence-corrected chi connectivity index (χ2v) is 11.9. The molecule has 3 aliphatic rings. The first-order chi connectivity index (χ1) is 20.2. The van der Waals surface area contributed by atoms with Gasteiger partial charge in [-0.2, -0.15) is 0 Å². The molecule has 1 saturated heterocycles. The number of fused-ring (bicyclic) bond motifs is 3. The molecule has 5 N–H and O–H groups in total. The van der Waals surface area contributed by atoms with Gasteiger partial charge in [0, 0.05) is 22.5 Å². The lowest BCUT2D eigenvalue weighted by atomic mass is 9.92. The summed E-state index contributed by atoms with van der Waals surface area (Å²) in [6.45, 7) is 2.66. The number of aliphatic hydroxyl groups excluding tert-OH is 3. The molecule has 0 spiro atoms. The molecule has 2 aliphatic carbocycles. The lowest BCUT2D eigenvalue weighted by Gasteiger charge is -2.38. The van der Waals surface area contributed by atoms with Crippen LogP contribution in [0.1, 0.15) is 78.3 Å². The van der Waals surface area contributed by atoms with Gasteiger partial charge in [0.15, 0.2) is 6.10 Å². The fourth-order valence-corrected chi connectivity index (χ4v) is 6.84. The maximum atomic E-state index is 12.8. The zero-order valence-corrected chi connectivity index (χ0v) is 23.5. The van der Waals surface area contributed by atoms with Gasteiger partial charge in [0.1, 0.15) is 30.7 Å². The number of esters is 1. The van der Waals surface area contributed by atoms with Crippen molar-refractivity contribution in [2.45, 2.75) is 101 Å². The van der Waals surface area contributed by atoms with E-state index in [2.05, 4.69) is 30.1 Å². The predicted molar refractivity (Wildman–Crippen MR) is 151 cm³/mol. The first kappa shape index (κ1) is 28.7. The molecular formula is C32H37NO9. The van der Waals surface area contributed by atoms with E-state index in [1.54, 1.807) is 0 Å². The summed E-state index contributed by atoms with van der Waals surface area (Å²) in [5.41, 5.74) is 6.91. The molecule has 1 saturated carbocycles. The highest BCUT2D eigenvalue weighted by atomic mass is 16.7. The number of aromatic amines is 1. The van der Waals surface area contributed by atoms with Crippen molar-refractivity contribution in [3.63, 3.8) is 0 Å². The molecule has 1 aliphatic heterocycles. The average molecular weight is 580 g/mol. The number of nitrogens with one attached hydrogen (secondary N) is 1. The molecule has 3 aromatic rings. The Labute approximate surface area is 243 Å². The Morgan fingerprint density at radius 2 is 1.79 bits per heavy atom. The normalized spacial score (nSPS) is 27.7. The fraction of sp³-hybridized carbons (Fsp3) is 0.500. The van der Waals surface area contributed by atoms with Gasteiger partial charge in [-0.25, -0.2) is 4.79 Å². The monoisotopic (exact) mass is 579 g/mol. The van der Waals surface area contributed by atoms with Crippen LogP contribution in [0.3, 0.4) is 0 Å². The van der Waals surface area contributed by atoms with E-state index in [4.69, 9.17) is 14.2 Å². The van der Waals surface area contributed by atoms with E-state index in [0.717, 1.165) is 39.9 Å². The Hall–Kier alpha value is -3.44. The summed E-state index contributed by atoms with van der Waals surface area (Å²) < 4.78 is 16.5. The third-order valence-electron chi connectivity index (χ3n) is 9.07. The highest BCUT2D eigenvalue weighted by molar-refractivity contribution is 5.87. The van der Waals surface area contributed by atoms with Crippen LogP contribution in [-0.4, -0.2) is 68.1 Å². The number of aromatic nitrogens is 1. The van der Waals surface area contributed by atoms with Crippen molar-refractivity contribution >= 4 is 22.8 Å². The van der Waals surface area contributed by atoms with Gasteiger partial charge >= 0.3 is 11.9 Å². The van der Waals surface area contributed by atoms with Crippen LogP contribution < -0.4 is 4.74 Å². The smallest absolute Gasteiger partial charge is 0.335 e. The number of aliphatic carboxylic acids is 1. The van der Waals surface area contributed by atoms with Crippen molar-refractivity contribution in [3.8, 4) is 5.75 Å². The number of ether oxygens (including phenoxy) is 3. The molecule has 0 amide bonds. The lowest BCUT2D eigenvalue weighted by Crippen LogP contribution is -2.60. The molecule has 42 heavy (non-hydrogen) atoms. The van der Waals surface area contributed by atoms with E-state index in [1.165, 1.54) is 36.8 Å². The van der Waals surface area contributed by atoms with E-state index in [0.29, 0.717) is 18.9 Å². The summed E-state index contributed by atoms with van der Waals surface area (Å²) in [6.07, 6.45) is -2.37. The van der Waals surface area contributed by atoms with Crippen molar-refractivity contribution in [2.24, 2.45) is 0 Å². The molecule has 0 unspecified atom stereocenters. The Balaban J connectivity index is 1.09. The molecule has 2 heterocycles. The maximum Gasteiger partial charge on any atom is 0.335 e. The Morgan fingerprint density at radius 3 is 2.52 bits per heavy atom. The lowest BCUT2D eigenvalue weighted by molar-refractivity contribution is -0.286. The van der Waals surface area contributed by atoms with Gasteiger partial charge in [-0.1, -0.05) is 31.0 Å². The van der Waals surface area contributed by atoms with Crippen LogP contribution in [0.4, 0.5) is 0 Å². The first-order valence-electron chi connectivity index (χ1n) is 14.7. The zero-order valence-electron chi connectivity index (χ0n) is 23.5. The van der Waals surface area contributed by atoms with Crippen LogP contribution in [0, 0.1) is 6.92 Å². The van der Waals surface area contributed by atoms with Crippen molar-refractivity contribution in [3.05, 3.63) is 64.3 Å². The van der Waals surface area contributed by atoms with Crippen molar-refractivity contribution in [1.82, 2.24) is 4.98 Å². The van der Waals surface area contributed by atoms with Gasteiger partial charge < -0.3 is 39.6 Å². The molecule has 224 valence electrons. The quantitative estimate of drug-likeness (QED) is 0.252. The number of hydrogen-bond acceptors (Lipinski definition) is 8. The van der Waals surface area contributed by atoms with Crippen molar-refractivity contribution in [2.75, 3.05) is 0 Å². The zero-order chi connectivity index (χ0) is 29.5. The second-order valence-electron chi connectivity index (χ2n) is 11.9. The van der Waals surface area contributed by atoms with Crippen LogP contribution in [0.5, 0.6) is 5.75 Å². The molecule has 0 radical (unpaired) electrons. The number of carbonyl (C=O) groups excluding carboxylic acids is 1. The van der Waals surface area contributed by atoms with Crippen molar-refractivity contribution in [1.29, 1.82) is 0 Å².